The summed E-state index contributed by atoms with van der Waals surface area (Å²) >= 11 is 1.71. The van der Waals surface area contributed by atoms with E-state index in [0.29, 0.717) is 5.88 Å². The van der Waals surface area contributed by atoms with Crippen LogP contribution in [0.1, 0.15) is 32.1 Å². The summed E-state index contributed by atoms with van der Waals surface area (Å²) in [4.78, 5) is 31.4. The number of hydrogen-bond donors (Lipinski definition) is 0. The molecule has 122 valence electrons. The summed E-state index contributed by atoms with van der Waals surface area (Å²) in [6.45, 7) is 3.53. The maximum atomic E-state index is 12.7. The van der Waals surface area contributed by atoms with Gasteiger partial charge in [0.15, 0.2) is 0 Å². The maximum Gasteiger partial charge on any atom is 0.248 e. The van der Waals surface area contributed by atoms with E-state index in [1.165, 1.54) is 32.1 Å². The van der Waals surface area contributed by atoms with E-state index in [-0.39, 0.29) is 23.9 Å². The van der Waals surface area contributed by atoms with Gasteiger partial charge in [0.05, 0.1) is 5.88 Å². The van der Waals surface area contributed by atoms with Crippen LogP contribution >= 0.6 is 11.8 Å². The molecule has 5 nitrogen and oxygen atoms in total. The third-order valence-electron chi connectivity index (χ3n) is 5.72. The first-order valence-corrected chi connectivity index (χ1v) is 9.80. The average Bonchev–Trinajstić information content (AvgIpc) is 3.04. The van der Waals surface area contributed by atoms with Crippen molar-refractivity contribution in [2.45, 2.75) is 44.2 Å². The minimum Gasteiger partial charge on any atom is -0.326 e. The number of fused-ring (bicyclic) bond motifs is 2. The van der Waals surface area contributed by atoms with E-state index in [4.69, 9.17) is 0 Å². The number of thioether (sulfide) groups is 1. The highest BCUT2D eigenvalue weighted by Crippen LogP contribution is 2.31. The van der Waals surface area contributed by atoms with E-state index in [2.05, 4.69) is 4.90 Å². The molecule has 3 heterocycles. The molecule has 0 aromatic heterocycles. The van der Waals surface area contributed by atoms with Gasteiger partial charge in [-0.15, -0.1) is 11.8 Å². The Bertz CT molecular complexity index is 466. The lowest BCUT2D eigenvalue weighted by Crippen LogP contribution is -2.69. The van der Waals surface area contributed by atoms with Crippen molar-refractivity contribution in [3.8, 4) is 0 Å². The van der Waals surface area contributed by atoms with Crippen molar-refractivity contribution in [3.05, 3.63) is 0 Å². The van der Waals surface area contributed by atoms with E-state index in [1.54, 1.807) is 11.8 Å². The SMILES string of the molecule is O=C1[C@@H]2CSCN2C(=O)[C@H]2CN(CC3CCCCC3)CCN12. The Kier molecular flexibility index (Phi) is 4.07. The summed E-state index contributed by atoms with van der Waals surface area (Å²) in [6.07, 6.45) is 6.77. The fourth-order valence-electron chi connectivity index (χ4n) is 4.46. The normalized spacial score (nSPS) is 34.0. The Morgan fingerprint density at radius 3 is 2.55 bits per heavy atom. The quantitative estimate of drug-likeness (QED) is 0.760. The minimum absolute atomic E-state index is 0.182. The third-order valence-corrected chi connectivity index (χ3v) is 6.74. The molecule has 0 radical (unpaired) electrons. The fraction of sp³-hybridized carbons (Fsp3) is 0.875. The molecule has 0 bridgehead atoms. The van der Waals surface area contributed by atoms with Crippen LogP contribution in [0.5, 0.6) is 0 Å². The summed E-state index contributed by atoms with van der Waals surface area (Å²) in [5, 5.41) is 0. The highest BCUT2D eigenvalue weighted by Gasteiger charge is 2.49. The molecule has 1 saturated carbocycles. The summed E-state index contributed by atoms with van der Waals surface area (Å²) < 4.78 is 0. The zero-order valence-corrected chi connectivity index (χ0v) is 13.9. The topological polar surface area (TPSA) is 43.9 Å². The Hall–Kier alpha value is -0.750. The van der Waals surface area contributed by atoms with Gasteiger partial charge in [-0.05, 0) is 18.8 Å². The fourth-order valence-corrected chi connectivity index (χ4v) is 5.62. The van der Waals surface area contributed by atoms with Gasteiger partial charge in [-0.1, -0.05) is 19.3 Å². The predicted octanol–water partition coefficient (Wildman–Crippen LogP) is 0.995. The molecule has 0 spiro atoms. The van der Waals surface area contributed by atoms with Crippen molar-refractivity contribution in [3.63, 3.8) is 0 Å². The Labute approximate surface area is 136 Å². The van der Waals surface area contributed by atoms with Crippen LogP contribution in [-0.2, 0) is 9.59 Å². The highest BCUT2D eigenvalue weighted by atomic mass is 32.2. The molecule has 2 amide bonds. The van der Waals surface area contributed by atoms with Crippen LogP contribution in [0.2, 0.25) is 0 Å². The molecule has 6 heteroatoms. The number of carbonyl (C=O) groups is 2. The van der Waals surface area contributed by atoms with Crippen LogP contribution in [0.25, 0.3) is 0 Å². The van der Waals surface area contributed by atoms with Crippen LogP contribution in [0.4, 0.5) is 0 Å². The monoisotopic (exact) mass is 323 g/mol. The first-order valence-electron chi connectivity index (χ1n) is 8.65. The molecule has 3 saturated heterocycles. The van der Waals surface area contributed by atoms with Gasteiger partial charge >= 0.3 is 0 Å². The van der Waals surface area contributed by atoms with Gasteiger partial charge < -0.3 is 9.80 Å². The Morgan fingerprint density at radius 2 is 1.73 bits per heavy atom. The number of rotatable bonds is 2. The second kappa shape index (κ2) is 6.04. The Balaban J connectivity index is 1.43. The number of piperazine rings is 2. The average molecular weight is 323 g/mol. The first kappa shape index (κ1) is 14.8. The zero-order valence-electron chi connectivity index (χ0n) is 13.1. The molecule has 0 aromatic rings. The van der Waals surface area contributed by atoms with Crippen LogP contribution in [0.3, 0.4) is 0 Å². The van der Waals surface area contributed by atoms with Gasteiger partial charge in [0, 0.05) is 31.9 Å². The molecular weight excluding hydrogens is 298 g/mol. The molecular formula is C16H25N3O2S. The van der Waals surface area contributed by atoms with Gasteiger partial charge in [-0.3, -0.25) is 14.5 Å². The van der Waals surface area contributed by atoms with E-state index in [9.17, 15) is 9.59 Å². The lowest BCUT2D eigenvalue weighted by molar-refractivity contribution is -0.162. The molecule has 2 atom stereocenters. The lowest BCUT2D eigenvalue weighted by atomic mass is 9.88. The van der Waals surface area contributed by atoms with Crippen molar-refractivity contribution in [2.24, 2.45) is 5.92 Å². The van der Waals surface area contributed by atoms with Crippen molar-refractivity contribution in [1.29, 1.82) is 0 Å². The van der Waals surface area contributed by atoms with Crippen molar-refractivity contribution in [2.75, 3.05) is 37.8 Å². The van der Waals surface area contributed by atoms with Crippen molar-refractivity contribution >= 4 is 23.6 Å². The number of nitrogens with zero attached hydrogens (tertiary/aromatic N) is 3. The third kappa shape index (κ3) is 2.54. The smallest absolute Gasteiger partial charge is 0.248 e. The van der Waals surface area contributed by atoms with Crippen molar-refractivity contribution < 1.29 is 9.59 Å². The predicted molar refractivity (Wildman–Crippen MR) is 86.5 cm³/mol. The maximum absolute atomic E-state index is 12.7. The Morgan fingerprint density at radius 1 is 0.955 bits per heavy atom. The van der Waals surface area contributed by atoms with Gasteiger partial charge in [0.2, 0.25) is 11.8 Å². The lowest BCUT2D eigenvalue weighted by Gasteiger charge is -2.47. The highest BCUT2D eigenvalue weighted by molar-refractivity contribution is 7.99. The second-order valence-corrected chi connectivity index (χ2v) is 8.13. The van der Waals surface area contributed by atoms with Crippen molar-refractivity contribution in [1.82, 2.24) is 14.7 Å². The summed E-state index contributed by atoms with van der Waals surface area (Å²) in [7, 11) is 0. The standard InChI is InChI=1S/C16H25N3O2S/c20-15-13-9-17(8-12-4-2-1-3-5-12)6-7-18(13)16(21)14-10-22-11-19(14)15/h12-14H,1-11H2/t13-,14+/m1/s1. The van der Waals surface area contributed by atoms with Gasteiger partial charge in [-0.2, -0.15) is 0 Å². The molecule has 4 aliphatic rings. The minimum atomic E-state index is -0.222. The van der Waals surface area contributed by atoms with E-state index >= 15 is 0 Å². The number of hydrogen-bond acceptors (Lipinski definition) is 4. The molecule has 22 heavy (non-hydrogen) atoms. The molecule has 4 fully saturated rings. The van der Waals surface area contributed by atoms with Gasteiger partial charge in [0.25, 0.3) is 0 Å². The molecule has 1 aliphatic carbocycles. The second-order valence-electron chi connectivity index (χ2n) is 7.13. The van der Waals surface area contributed by atoms with Crippen LogP contribution in [-0.4, -0.2) is 76.4 Å². The molecule has 0 aromatic carbocycles. The van der Waals surface area contributed by atoms with Crippen LogP contribution in [0.15, 0.2) is 0 Å². The van der Waals surface area contributed by atoms with Crippen LogP contribution in [0, 0.1) is 5.92 Å². The van der Waals surface area contributed by atoms with E-state index < -0.39 is 0 Å². The number of amides is 2. The van der Waals surface area contributed by atoms with Gasteiger partial charge in [-0.25, -0.2) is 0 Å². The van der Waals surface area contributed by atoms with Gasteiger partial charge in [0.1, 0.15) is 12.1 Å². The summed E-state index contributed by atoms with van der Waals surface area (Å²) in [6, 6.07) is -0.404. The zero-order chi connectivity index (χ0) is 15.1. The summed E-state index contributed by atoms with van der Waals surface area (Å²) in [5.41, 5.74) is 0. The van der Waals surface area contributed by atoms with E-state index in [0.717, 1.165) is 37.8 Å². The molecule has 4 rings (SSSR count). The molecule has 0 N–H and O–H groups in total. The van der Waals surface area contributed by atoms with E-state index in [1.807, 2.05) is 9.80 Å². The first-order chi connectivity index (χ1) is 10.7. The number of carbonyl (C=O) groups excluding carboxylic acids is 2. The summed E-state index contributed by atoms with van der Waals surface area (Å²) in [5.74, 6) is 2.64. The largest absolute Gasteiger partial charge is 0.326 e. The molecule has 3 aliphatic heterocycles. The molecule has 0 unspecified atom stereocenters. The van der Waals surface area contributed by atoms with Crippen LogP contribution < -0.4 is 0 Å².